The Morgan fingerprint density at radius 2 is 2.23 bits per heavy atom. The van der Waals surface area contributed by atoms with E-state index >= 15 is 0 Å². The van der Waals surface area contributed by atoms with Crippen LogP contribution < -0.4 is 5.32 Å². The van der Waals surface area contributed by atoms with Crippen LogP contribution in [0.2, 0.25) is 0 Å². The van der Waals surface area contributed by atoms with Crippen LogP contribution in [-0.2, 0) is 14.4 Å². The van der Waals surface area contributed by atoms with Crippen LogP contribution in [0.3, 0.4) is 0 Å². The molecule has 6 heteroatoms. The molecule has 0 radical (unpaired) electrons. The van der Waals surface area contributed by atoms with Crippen molar-refractivity contribution in [3.05, 3.63) is 35.6 Å². The molecule has 0 spiro atoms. The molecule has 0 unspecified atom stereocenters. The molecule has 1 aromatic rings. The second-order valence-corrected chi connectivity index (χ2v) is 5.89. The molecule has 5 nitrogen and oxygen atoms in total. The maximum atomic E-state index is 13.0. The van der Waals surface area contributed by atoms with Crippen molar-refractivity contribution in [2.24, 2.45) is 5.16 Å². The van der Waals surface area contributed by atoms with Crippen molar-refractivity contribution in [2.75, 3.05) is 13.2 Å². The van der Waals surface area contributed by atoms with Gasteiger partial charge in [0.05, 0.1) is 11.8 Å². The number of hydrogen-bond acceptors (Lipinski definition) is 4. The van der Waals surface area contributed by atoms with Gasteiger partial charge >= 0.3 is 0 Å². The van der Waals surface area contributed by atoms with Crippen molar-refractivity contribution >= 4 is 11.6 Å². The Hall–Kier alpha value is -1.95. The predicted octanol–water partition coefficient (Wildman–Crippen LogP) is 2.00. The van der Waals surface area contributed by atoms with E-state index in [1.807, 2.05) is 0 Å². The molecule has 1 fully saturated rings. The quantitative estimate of drug-likeness (QED) is 0.925. The SMILES string of the molecule is C[C@]1(C(=O)NC[C@H]2CCCO2)CC(c2ccc(F)cc2)=NO1. The molecule has 0 saturated carbocycles. The summed E-state index contributed by atoms with van der Waals surface area (Å²) in [7, 11) is 0. The van der Waals surface area contributed by atoms with Crippen LogP contribution >= 0.6 is 0 Å². The fourth-order valence-corrected chi connectivity index (χ4v) is 2.66. The fraction of sp³-hybridized carbons (Fsp3) is 0.500. The van der Waals surface area contributed by atoms with Gasteiger partial charge in [-0.2, -0.15) is 0 Å². The first-order valence-corrected chi connectivity index (χ1v) is 7.48. The molecule has 1 amide bonds. The Kier molecular flexibility index (Phi) is 4.11. The predicted molar refractivity (Wildman–Crippen MR) is 79.0 cm³/mol. The Morgan fingerprint density at radius 1 is 1.45 bits per heavy atom. The highest BCUT2D eigenvalue weighted by atomic mass is 19.1. The van der Waals surface area contributed by atoms with Gasteiger partial charge in [0.2, 0.25) is 5.60 Å². The number of carbonyl (C=O) groups is 1. The van der Waals surface area contributed by atoms with E-state index in [1.165, 1.54) is 12.1 Å². The topological polar surface area (TPSA) is 59.9 Å². The third-order valence-corrected chi connectivity index (χ3v) is 4.03. The Labute approximate surface area is 128 Å². The second-order valence-electron chi connectivity index (χ2n) is 5.89. The average molecular weight is 306 g/mol. The third kappa shape index (κ3) is 3.11. The summed E-state index contributed by atoms with van der Waals surface area (Å²) in [6.45, 7) is 2.95. The first-order valence-electron chi connectivity index (χ1n) is 7.48. The zero-order chi connectivity index (χ0) is 15.6. The molecule has 2 heterocycles. The minimum atomic E-state index is -1.03. The molecule has 0 bridgehead atoms. The van der Waals surface area contributed by atoms with E-state index in [2.05, 4.69) is 10.5 Å². The van der Waals surface area contributed by atoms with Crippen molar-refractivity contribution in [2.45, 2.75) is 37.9 Å². The first kappa shape index (κ1) is 15.0. The van der Waals surface area contributed by atoms with Gasteiger partial charge in [-0.1, -0.05) is 17.3 Å². The number of rotatable bonds is 4. The van der Waals surface area contributed by atoms with E-state index in [0.29, 0.717) is 18.7 Å². The molecule has 1 saturated heterocycles. The number of nitrogens with one attached hydrogen (secondary N) is 1. The second kappa shape index (κ2) is 6.04. The standard InChI is InChI=1S/C16H19FN2O3/c1-16(15(20)18-10-13-3-2-8-21-13)9-14(19-22-16)11-4-6-12(17)7-5-11/h4-7,13H,2-3,8-10H2,1H3,(H,18,20)/t13-,16-/m1/s1. The molecule has 2 aliphatic rings. The van der Waals surface area contributed by atoms with E-state index < -0.39 is 5.60 Å². The maximum Gasteiger partial charge on any atom is 0.267 e. The van der Waals surface area contributed by atoms with Crippen molar-refractivity contribution in [1.29, 1.82) is 0 Å². The van der Waals surface area contributed by atoms with E-state index in [9.17, 15) is 9.18 Å². The summed E-state index contributed by atoms with van der Waals surface area (Å²) in [6.07, 6.45) is 2.45. The Bertz CT molecular complexity index is 582. The molecule has 118 valence electrons. The lowest BCUT2D eigenvalue weighted by molar-refractivity contribution is -0.142. The van der Waals surface area contributed by atoms with Gasteiger partial charge in [-0.3, -0.25) is 4.79 Å². The summed E-state index contributed by atoms with van der Waals surface area (Å²) in [5, 5.41) is 6.86. The number of hydrogen-bond donors (Lipinski definition) is 1. The number of halogens is 1. The van der Waals surface area contributed by atoms with Gasteiger partial charge in [-0.05, 0) is 37.5 Å². The largest absolute Gasteiger partial charge is 0.379 e. The molecule has 22 heavy (non-hydrogen) atoms. The lowest BCUT2D eigenvalue weighted by Crippen LogP contribution is -2.46. The molecule has 0 aromatic heterocycles. The van der Waals surface area contributed by atoms with Gasteiger partial charge in [0.1, 0.15) is 5.82 Å². The Balaban J connectivity index is 1.58. The van der Waals surface area contributed by atoms with Crippen LogP contribution in [-0.4, -0.2) is 36.5 Å². The highest BCUT2D eigenvalue weighted by Gasteiger charge is 2.42. The van der Waals surface area contributed by atoms with Crippen LogP contribution in [0.5, 0.6) is 0 Å². The molecule has 2 aliphatic heterocycles. The highest BCUT2D eigenvalue weighted by Crippen LogP contribution is 2.27. The summed E-state index contributed by atoms with van der Waals surface area (Å²) in [5.74, 6) is -0.510. The van der Waals surface area contributed by atoms with Gasteiger partial charge in [-0.15, -0.1) is 0 Å². The van der Waals surface area contributed by atoms with Crippen LogP contribution in [0, 0.1) is 5.82 Å². The van der Waals surface area contributed by atoms with Gasteiger partial charge in [0.15, 0.2) is 0 Å². The molecule has 1 aromatic carbocycles. The van der Waals surface area contributed by atoms with Crippen molar-refractivity contribution in [1.82, 2.24) is 5.32 Å². The lowest BCUT2D eigenvalue weighted by atomic mass is 9.95. The van der Waals surface area contributed by atoms with Crippen LogP contribution in [0.4, 0.5) is 4.39 Å². The maximum absolute atomic E-state index is 13.0. The number of benzene rings is 1. The minimum Gasteiger partial charge on any atom is -0.379 e. The van der Waals surface area contributed by atoms with Gasteiger partial charge in [0.25, 0.3) is 5.91 Å². The minimum absolute atomic E-state index is 0.0893. The highest BCUT2D eigenvalue weighted by molar-refractivity contribution is 6.05. The number of ether oxygens (including phenoxy) is 1. The molecular formula is C16H19FN2O3. The van der Waals surface area contributed by atoms with Crippen molar-refractivity contribution in [3.63, 3.8) is 0 Å². The average Bonchev–Trinajstić information content (AvgIpc) is 3.16. The zero-order valence-corrected chi connectivity index (χ0v) is 12.5. The zero-order valence-electron chi connectivity index (χ0n) is 12.5. The van der Waals surface area contributed by atoms with Crippen molar-refractivity contribution < 1.29 is 18.8 Å². The van der Waals surface area contributed by atoms with Gasteiger partial charge < -0.3 is 14.9 Å². The molecular weight excluding hydrogens is 287 g/mol. The summed E-state index contributed by atoms with van der Waals surface area (Å²) in [5.41, 5.74) is 0.384. The molecule has 2 atom stereocenters. The van der Waals surface area contributed by atoms with E-state index in [4.69, 9.17) is 9.57 Å². The van der Waals surface area contributed by atoms with E-state index in [0.717, 1.165) is 25.0 Å². The molecule has 3 rings (SSSR count). The van der Waals surface area contributed by atoms with Crippen LogP contribution in [0.1, 0.15) is 31.7 Å². The van der Waals surface area contributed by atoms with Crippen LogP contribution in [0.25, 0.3) is 0 Å². The fourth-order valence-electron chi connectivity index (χ4n) is 2.66. The summed E-state index contributed by atoms with van der Waals surface area (Å²) >= 11 is 0. The van der Waals surface area contributed by atoms with Crippen molar-refractivity contribution in [3.8, 4) is 0 Å². The van der Waals surface area contributed by atoms with Gasteiger partial charge in [0, 0.05) is 19.6 Å². The Morgan fingerprint density at radius 3 is 2.91 bits per heavy atom. The van der Waals surface area contributed by atoms with E-state index in [-0.39, 0.29) is 17.8 Å². The van der Waals surface area contributed by atoms with E-state index in [1.54, 1.807) is 19.1 Å². The summed E-state index contributed by atoms with van der Waals surface area (Å²) < 4.78 is 18.4. The number of amides is 1. The smallest absolute Gasteiger partial charge is 0.267 e. The summed E-state index contributed by atoms with van der Waals surface area (Å²) in [6, 6.07) is 6.00. The third-order valence-electron chi connectivity index (χ3n) is 4.03. The molecule has 1 N–H and O–H groups in total. The van der Waals surface area contributed by atoms with Gasteiger partial charge in [-0.25, -0.2) is 4.39 Å². The number of oxime groups is 1. The first-order chi connectivity index (χ1) is 10.6. The normalized spacial score (nSPS) is 27.4. The lowest BCUT2D eigenvalue weighted by Gasteiger charge is -2.21. The number of nitrogens with zero attached hydrogens (tertiary/aromatic N) is 1. The molecule has 0 aliphatic carbocycles. The van der Waals surface area contributed by atoms with Crippen LogP contribution in [0.15, 0.2) is 29.4 Å². The number of carbonyl (C=O) groups excluding carboxylic acids is 1. The summed E-state index contributed by atoms with van der Waals surface area (Å²) in [4.78, 5) is 17.7. The monoisotopic (exact) mass is 306 g/mol.